The lowest BCUT2D eigenvalue weighted by molar-refractivity contribution is -0.385. The number of para-hydroxylation sites is 1. The lowest BCUT2D eigenvalue weighted by Gasteiger charge is -2.15. The molecule has 0 aliphatic rings. The third kappa shape index (κ3) is 3.75. The Kier molecular flexibility index (Phi) is 4.81. The van der Waals surface area contributed by atoms with Gasteiger partial charge in [-0.25, -0.2) is 0 Å². The number of rotatable bonds is 7. The van der Waals surface area contributed by atoms with Crippen molar-refractivity contribution in [1.29, 1.82) is 0 Å². The molecule has 1 aromatic heterocycles. The van der Waals surface area contributed by atoms with Crippen LogP contribution >= 0.6 is 0 Å². The van der Waals surface area contributed by atoms with Gasteiger partial charge in [-0.3, -0.25) is 10.1 Å². The van der Waals surface area contributed by atoms with Gasteiger partial charge in [0.05, 0.1) is 17.8 Å². The summed E-state index contributed by atoms with van der Waals surface area (Å²) in [7, 11) is 0. The zero-order chi connectivity index (χ0) is 15.2. The van der Waals surface area contributed by atoms with Crippen molar-refractivity contribution in [3.63, 3.8) is 0 Å². The molecule has 1 aromatic carbocycles. The molecule has 1 unspecified atom stereocenters. The van der Waals surface area contributed by atoms with Gasteiger partial charge in [0.2, 0.25) is 0 Å². The van der Waals surface area contributed by atoms with Crippen LogP contribution in [0.1, 0.15) is 19.6 Å². The van der Waals surface area contributed by atoms with Gasteiger partial charge in [0, 0.05) is 12.5 Å². The summed E-state index contributed by atoms with van der Waals surface area (Å²) in [6.45, 7) is 4.12. The van der Waals surface area contributed by atoms with E-state index in [4.69, 9.17) is 9.15 Å². The number of hydrogen-bond acceptors (Lipinski definition) is 5. The highest BCUT2D eigenvalue weighted by molar-refractivity contribution is 5.68. The highest BCUT2D eigenvalue weighted by Crippen LogP contribution is 2.35. The SMILES string of the molecule is CCOc1cccc(NC(C)Cc2ccco2)c1[N+](=O)[O-]. The van der Waals surface area contributed by atoms with E-state index in [9.17, 15) is 10.1 Å². The fraction of sp³-hybridized carbons (Fsp3) is 0.333. The molecule has 2 rings (SSSR count). The fourth-order valence-corrected chi connectivity index (χ4v) is 2.15. The Balaban J connectivity index is 2.18. The van der Waals surface area contributed by atoms with Crippen molar-refractivity contribution in [3.05, 3.63) is 52.5 Å². The molecule has 0 saturated carbocycles. The number of nitrogens with zero attached hydrogens (tertiary/aromatic N) is 1. The van der Waals surface area contributed by atoms with E-state index in [0.717, 1.165) is 5.76 Å². The third-order valence-electron chi connectivity index (χ3n) is 2.97. The monoisotopic (exact) mass is 290 g/mol. The molecule has 0 aliphatic heterocycles. The largest absolute Gasteiger partial charge is 0.487 e. The number of furan rings is 1. The van der Waals surface area contributed by atoms with Gasteiger partial charge in [-0.15, -0.1) is 0 Å². The van der Waals surface area contributed by atoms with E-state index in [2.05, 4.69) is 5.32 Å². The first kappa shape index (κ1) is 14.9. The minimum absolute atomic E-state index is 0.00766. The molecular formula is C15H18N2O4. The van der Waals surface area contributed by atoms with Crippen LogP contribution in [-0.4, -0.2) is 17.6 Å². The molecule has 0 aliphatic carbocycles. The molecule has 0 saturated heterocycles. The van der Waals surface area contributed by atoms with Crippen LogP contribution in [0.15, 0.2) is 41.0 Å². The maximum absolute atomic E-state index is 11.3. The molecule has 21 heavy (non-hydrogen) atoms. The fourth-order valence-electron chi connectivity index (χ4n) is 2.15. The van der Waals surface area contributed by atoms with E-state index >= 15 is 0 Å². The molecule has 0 fully saturated rings. The number of benzene rings is 1. The Morgan fingerprint density at radius 2 is 2.19 bits per heavy atom. The highest BCUT2D eigenvalue weighted by Gasteiger charge is 2.22. The summed E-state index contributed by atoms with van der Waals surface area (Å²) >= 11 is 0. The van der Waals surface area contributed by atoms with Gasteiger partial charge < -0.3 is 14.5 Å². The van der Waals surface area contributed by atoms with Crippen LogP contribution < -0.4 is 10.1 Å². The molecule has 0 spiro atoms. The maximum atomic E-state index is 11.3. The van der Waals surface area contributed by atoms with Gasteiger partial charge >= 0.3 is 5.69 Å². The summed E-state index contributed by atoms with van der Waals surface area (Å²) in [4.78, 5) is 10.9. The van der Waals surface area contributed by atoms with E-state index in [1.807, 2.05) is 19.1 Å². The van der Waals surface area contributed by atoms with Gasteiger partial charge in [0.15, 0.2) is 5.75 Å². The number of ether oxygens (including phenoxy) is 1. The first-order chi connectivity index (χ1) is 10.1. The van der Waals surface area contributed by atoms with Crippen LogP contribution in [0.25, 0.3) is 0 Å². The zero-order valence-corrected chi connectivity index (χ0v) is 12.0. The highest BCUT2D eigenvalue weighted by atomic mass is 16.6. The first-order valence-corrected chi connectivity index (χ1v) is 6.81. The third-order valence-corrected chi connectivity index (χ3v) is 2.97. The summed E-state index contributed by atoms with van der Waals surface area (Å²) in [5.74, 6) is 1.11. The summed E-state index contributed by atoms with van der Waals surface area (Å²) < 4.78 is 10.6. The van der Waals surface area contributed by atoms with Gasteiger partial charge in [-0.05, 0) is 38.1 Å². The number of nitro groups is 1. The second kappa shape index (κ2) is 6.78. The Bertz CT molecular complexity index is 596. The Labute approximate surface area is 122 Å². The molecule has 0 amide bonds. The number of anilines is 1. The zero-order valence-electron chi connectivity index (χ0n) is 12.0. The van der Waals surface area contributed by atoms with E-state index in [1.165, 1.54) is 0 Å². The topological polar surface area (TPSA) is 77.5 Å². The van der Waals surface area contributed by atoms with E-state index < -0.39 is 4.92 Å². The van der Waals surface area contributed by atoms with Gasteiger partial charge in [-0.2, -0.15) is 0 Å². The maximum Gasteiger partial charge on any atom is 0.333 e. The standard InChI is InChI=1S/C15H18N2O4/c1-3-20-14-8-4-7-13(15(14)17(18)19)16-11(2)10-12-6-5-9-21-12/h4-9,11,16H,3,10H2,1-2H3. The quantitative estimate of drug-likeness (QED) is 0.622. The van der Waals surface area contributed by atoms with Crippen LogP contribution in [0.4, 0.5) is 11.4 Å². The molecule has 1 heterocycles. The first-order valence-electron chi connectivity index (χ1n) is 6.81. The molecule has 1 atom stereocenters. The summed E-state index contributed by atoms with van der Waals surface area (Å²) in [5.41, 5.74) is 0.413. The van der Waals surface area contributed by atoms with Crippen molar-refractivity contribution in [3.8, 4) is 5.75 Å². The smallest absolute Gasteiger partial charge is 0.333 e. The number of nitrogens with one attached hydrogen (secondary N) is 1. The molecule has 6 heteroatoms. The summed E-state index contributed by atoms with van der Waals surface area (Å²) in [5, 5.41) is 14.4. The average molecular weight is 290 g/mol. The van der Waals surface area contributed by atoms with Crippen molar-refractivity contribution >= 4 is 11.4 Å². The van der Waals surface area contributed by atoms with Crippen molar-refractivity contribution in [2.24, 2.45) is 0 Å². The minimum Gasteiger partial charge on any atom is -0.487 e. The summed E-state index contributed by atoms with van der Waals surface area (Å²) in [6, 6.07) is 8.71. The Morgan fingerprint density at radius 1 is 1.38 bits per heavy atom. The minimum atomic E-state index is -0.424. The molecule has 2 aromatic rings. The predicted molar refractivity (Wildman–Crippen MR) is 79.8 cm³/mol. The van der Waals surface area contributed by atoms with Crippen molar-refractivity contribution < 1.29 is 14.1 Å². The molecule has 6 nitrogen and oxygen atoms in total. The second-order valence-corrected chi connectivity index (χ2v) is 4.67. The number of nitro benzene ring substituents is 1. The normalized spacial score (nSPS) is 11.9. The van der Waals surface area contributed by atoms with Crippen molar-refractivity contribution in [1.82, 2.24) is 0 Å². The van der Waals surface area contributed by atoms with E-state index in [0.29, 0.717) is 18.7 Å². The van der Waals surface area contributed by atoms with E-state index in [-0.39, 0.29) is 17.5 Å². The number of hydrogen-bond donors (Lipinski definition) is 1. The summed E-state index contributed by atoms with van der Waals surface area (Å²) in [6.07, 6.45) is 2.25. The Morgan fingerprint density at radius 3 is 2.81 bits per heavy atom. The lowest BCUT2D eigenvalue weighted by Crippen LogP contribution is -2.18. The van der Waals surface area contributed by atoms with Gasteiger partial charge in [-0.1, -0.05) is 6.07 Å². The second-order valence-electron chi connectivity index (χ2n) is 4.67. The van der Waals surface area contributed by atoms with Crippen LogP contribution in [0.2, 0.25) is 0 Å². The molecule has 0 bridgehead atoms. The Hall–Kier alpha value is -2.50. The van der Waals surface area contributed by atoms with Gasteiger partial charge in [0.25, 0.3) is 0 Å². The van der Waals surface area contributed by atoms with Crippen LogP contribution in [-0.2, 0) is 6.42 Å². The van der Waals surface area contributed by atoms with Crippen molar-refractivity contribution in [2.75, 3.05) is 11.9 Å². The van der Waals surface area contributed by atoms with Crippen LogP contribution in [0.5, 0.6) is 5.75 Å². The lowest BCUT2D eigenvalue weighted by atomic mass is 10.1. The molecule has 1 N–H and O–H groups in total. The van der Waals surface area contributed by atoms with Crippen LogP contribution in [0.3, 0.4) is 0 Å². The molecular weight excluding hydrogens is 272 g/mol. The molecule has 0 radical (unpaired) electrons. The average Bonchev–Trinajstić information content (AvgIpc) is 2.91. The van der Waals surface area contributed by atoms with Crippen LogP contribution in [0, 0.1) is 10.1 Å². The predicted octanol–water partition coefficient (Wildman–Crippen LogP) is 3.63. The molecule has 112 valence electrons. The van der Waals surface area contributed by atoms with Gasteiger partial charge in [0.1, 0.15) is 11.4 Å². The van der Waals surface area contributed by atoms with E-state index in [1.54, 1.807) is 31.4 Å². The van der Waals surface area contributed by atoms with Crippen molar-refractivity contribution in [2.45, 2.75) is 26.3 Å².